The third-order valence-corrected chi connectivity index (χ3v) is 2.89. The Morgan fingerprint density at radius 3 is 2.62 bits per heavy atom. The normalized spacial score (nSPS) is 10.3. The van der Waals surface area contributed by atoms with Gasteiger partial charge in [-0.2, -0.15) is 0 Å². The van der Waals surface area contributed by atoms with Crippen LogP contribution in [0.15, 0.2) is 36.8 Å². The smallest absolute Gasteiger partial charge is 0.356 e. The van der Waals surface area contributed by atoms with Crippen LogP contribution in [0.3, 0.4) is 0 Å². The predicted octanol–water partition coefficient (Wildman–Crippen LogP) is 0.522. The van der Waals surface area contributed by atoms with Gasteiger partial charge < -0.3 is 20.7 Å². The van der Waals surface area contributed by atoms with E-state index < -0.39 is 5.97 Å². The van der Waals surface area contributed by atoms with Crippen molar-refractivity contribution in [1.82, 2.24) is 14.9 Å². The number of anilines is 1. The zero-order valence-electron chi connectivity index (χ0n) is 11.3. The fourth-order valence-electron chi connectivity index (χ4n) is 1.80. The highest BCUT2D eigenvalue weighted by Gasteiger charge is 2.07. The van der Waals surface area contributed by atoms with Crippen molar-refractivity contribution in [1.29, 1.82) is 0 Å². The van der Waals surface area contributed by atoms with Crippen LogP contribution in [0.25, 0.3) is 0 Å². The van der Waals surface area contributed by atoms with E-state index >= 15 is 0 Å². The highest BCUT2D eigenvalue weighted by atomic mass is 16.4. The first-order valence-electron chi connectivity index (χ1n) is 6.41. The molecule has 0 saturated carbocycles. The summed E-state index contributed by atoms with van der Waals surface area (Å²) >= 11 is 0. The number of carbonyl (C=O) groups is 2. The van der Waals surface area contributed by atoms with E-state index in [9.17, 15) is 9.59 Å². The number of nitrogens with two attached hydrogens (primary N) is 1. The van der Waals surface area contributed by atoms with E-state index in [1.165, 1.54) is 12.5 Å². The van der Waals surface area contributed by atoms with Crippen molar-refractivity contribution >= 4 is 17.6 Å². The number of carboxylic acids is 1. The highest BCUT2D eigenvalue weighted by Crippen LogP contribution is 2.05. The van der Waals surface area contributed by atoms with Gasteiger partial charge in [0.2, 0.25) is 5.91 Å². The molecule has 1 aromatic carbocycles. The number of nitrogen functional groups attached to an aromatic ring is 1. The molecule has 0 bridgehead atoms. The number of rotatable bonds is 6. The average Bonchev–Trinajstić information content (AvgIpc) is 2.90. The number of aromatic nitrogens is 2. The zero-order valence-corrected chi connectivity index (χ0v) is 11.3. The number of carboxylic acid groups (broad SMARTS) is 1. The topological polar surface area (TPSA) is 110 Å². The Morgan fingerprint density at radius 1 is 1.29 bits per heavy atom. The summed E-state index contributed by atoms with van der Waals surface area (Å²) in [6, 6.07) is 7.12. The second kappa shape index (κ2) is 6.56. The van der Waals surface area contributed by atoms with Gasteiger partial charge in [0.15, 0.2) is 5.69 Å². The Morgan fingerprint density at radius 2 is 2.00 bits per heavy atom. The number of nitrogens with zero attached hydrogens (tertiary/aromatic N) is 2. The van der Waals surface area contributed by atoms with Crippen molar-refractivity contribution in [3.63, 3.8) is 0 Å². The van der Waals surface area contributed by atoms with Crippen LogP contribution in [0, 0.1) is 0 Å². The highest BCUT2D eigenvalue weighted by molar-refractivity contribution is 5.84. The summed E-state index contributed by atoms with van der Waals surface area (Å²) in [5.41, 5.74) is 7.11. The SMILES string of the molecule is Nc1ccc(CC(=O)NCCn2cnc(C(=O)O)c2)cc1. The number of benzene rings is 1. The van der Waals surface area contributed by atoms with Gasteiger partial charge in [0.05, 0.1) is 12.7 Å². The Labute approximate surface area is 121 Å². The van der Waals surface area contributed by atoms with Crippen molar-refractivity contribution in [2.45, 2.75) is 13.0 Å². The van der Waals surface area contributed by atoms with Gasteiger partial charge in [0.25, 0.3) is 0 Å². The molecule has 2 rings (SSSR count). The van der Waals surface area contributed by atoms with E-state index in [-0.39, 0.29) is 18.0 Å². The number of nitrogens with one attached hydrogen (secondary N) is 1. The first-order chi connectivity index (χ1) is 10.0. The van der Waals surface area contributed by atoms with Crippen LogP contribution in [0.1, 0.15) is 16.1 Å². The van der Waals surface area contributed by atoms with E-state index in [2.05, 4.69) is 10.3 Å². The van der Waals surface area contributed by atoms with E-state index in [1.807, 2.05) is 12.1 Å². The van der Waals surface area contributed by atoms with Gasteiger partial charge in [-0.15, -0.1) is 0 Å². The Kier molecular flexibility index (Phi) is 4.55. The van der Waals surface area contributed by atoms with Crippen molar-refractivity contribution in [3.8, 4) is 0 Å². The molecular formula is C14H16N4O3. The van der Waals surface area contributed by atoms with Gasteiger partial charge in [0, 0.05) is 25.0 Å². The summed E-state index contributed by atoms with van der Waals surface area (Å²) in [6.07, 6.45) is 3.13. The fourth-order valence-corrected chi connectivity index (χ4v) is 1.80. The molecule has 2 aromatic rings. The van der Waals surface area contributed by atoms with Crippen LogP contribution in [-0.2, 0) is 17.8 Å². The average molecular weight is 288 g/mol. The molecule has 1 aromatic heterocycles. The summed E-state index contributed by atoms with van der Waals surface area (Å²) in [6.45, 7) is 0.872. The predicted molar refractivity (Wildman–Crippen MR) is 76.8 cm³/mol. The molecule has 7 heteroatoms. The Balaban J connectivity index is 1.76. The zero-order chi connectivity index (χ0) is 15.2. The minimum absolute atomic E-state index is 0.0109. The number of amides is 1. The van der Waals surface area contributed by atoms with Gasteiger partial charge in [-0.3, -0.25) is 4.79 Å². The molecule has 0 aliphatic heterocycles. The van der Waals surface area contributed by atoms with Gasteiger partial charge in [0.1, 0.15) is 0 Å². The molecule has 0 aliphatic rings. The van der Waals surface area contributed by atoms with Crippen LogP contribution in [0.5, 0.6) is 0 Å². The Bertz CT molecular complexity index is 634. The number of hydrogen-bond donors (Lipinski definition) is 3. The summed E-state index contributed by atoms with van der Waals surface area (Å²) in [7, 11) is 0. The fraction of sp³-hybridized carbons (Fsp3) is 0.214. The molecule has 1 amide bonds. The molecule has 0 spiro atoms. The van der Waals surface area contributed by atoms with E-state index in [1.54, 1.807) is 16.7 Å². The van der Waals surface area contributed by atoms with Crippen molar-refractivity contribution in [2.24, 2.45) is 0 Å². The summed E-state index contributed by atoms with van der Waals surface area (Å²) in [4.78, 5) is 26.1. The standard InChI is InChI=1S/C14H16N4O3/c15-11-3-1-10(2-4-11)7-13(19)16-5-6-18-8-12(14(20)21)17-9-18/h1-4,8-9H,5-7,15H2,(H,16,19)(H,20,21). The van der Waals surface area contributed by atoms with Crippen molar-refractivity contribution in [3.05, 3.63) is 48.0 Å². The molecule has 0 fully saturated rings. The number of carbonyl (C=O) groups excluding carboxylic acids is 1. The number of imidazole rings is 1. The molecule has 21 heavy (non-hydrogen) atoms. The van der Waals surface area contributed by atoms with Crippen molar-refractivity contribution in [2.75, 3.05) is 12.3 Å². The second-order valence-corrected chi connectivity index (χ2v) is 4.57. The van der Waals surface area contributed by atoms with Crippen LogP contribution in [0.2, 0.25) is 0 Å². The lowest BCUT2D eigenvalue weighted by molar-refractivity contribution is -0.120. The molecule has 0 aliphatic carbocycles. The molecule has 0 saturated heterocycles. The van der Waals surface area contributed by atoms with Gasteiger partial charge in [-0.05, 0) is 17.7 Å². The number of aromatic carboxylic acids is 1. The van der Waals surface area contributed by atoms with E-state index in [0.717, 1.165) is 5.56 Å². The Hall–Kier alpha value is -2.83. The molecule has 7 nitrogen and oxygen atoms in total. The maximum absolute atomic E-state index is 11.7. The maximum Gasteiger partial charge on any atom is 0.356 e. The lowest BCUT2D eigenvalue weighted by atomic mass is 10.1. The number of hydrogen-bond acceptors (Lipinski definition) is 4. The molecule has 0 unspecified atom stereocenters. The summed E-state index contributed by atoms with van der Waals surface area (Å²) < 4.78 is 1.62. The van der Waals surface area contributed by atoms with E-state index in [0.29, 0.717) is 18.8 Å². The van der Waals surface area contributed by atoms with Crippen LogP contribution < -0.4 is 11.1 Å². The minimum atomic E-state index is -1.07. The third kappa shape index (κ3) is 4.34. The van der Waals surface area contributed by atoms with Gasteiger partial charge >= 0.3 is 5.97 Å². The van der Waals surface area contributed by atoms with Crippen LogP contribution in [-0.4, -0.2) is 33.1 Å². The summed E-state index contributed by atoms with van der Waals surface area (Å²) in [5.74, 6) is -1.17. The minimum Gasteiger partial charge on any atom is -0.476 e. The monoisotopic (exact) mass is 288 g/mol. The molecule has 0 atom stereocenters. The largest absolute Gasteiger partial charge is 0.476 e. The first-order valence-corrected chi connectivity index (χ1v) is 6.41. The molecule has 0 radical (unpaired) electrons. The third-order valence-electron chi connectivity index (χ3n) is 2.89. The van der Waals surface area contributed by atoms with Crippen LogP contribution in [0.4, 0.5) is 5.69 Å². The molecular weight excluding hydrogens is 272 g/mol. The maximum atomic E-state index is 11.7. The first kappa shape index (κ1) is 14.6. The molecule has 1 heterocycles. The van der Waals surface area contributed by atoms with Crippen LogP contribution >= 0.6 is 0 Å². The van der Waals surface area contributed by atoms with Gasteiger partial charge in [-0.1, -0.05) is 12.1 Å². The lowest BCUT2D eigenvalue weighted by Crippen LogP contribution is -2.28. The quantitative estimate of drug-likeness (QED) is 0.671. The second-order valence-electron chi connectivity index (χ2n) is 4.57. The molecule has 110 valence electrons. The van der Waals surface area contributed by atoms with Crippen molar-refractivity contribution < 1.29 is 14.7 Å². The molecule has 4 N–H and O–H groups in total. The lowest BCUT2D eigenvalue weighted by Gasteiger charge is -2.06. The van der Waals surface area contributed by atoms with E-state index in [4.69, 9.17) is 10.8 Å². The summed E-state index contributed by atoms with van der Waals surface area (Å²) in [5, 5.41) is 11.5. The van der Waals surface area contributed by atoms with Gasteiger partial charge in [-0.25, -0.2) is 9.78 Å².